The molecule has 0 radical (unpaired) electrons. The summed E-state index contributed by atoms with van der Waals surface area (Å²) in [6, 6.07) is 3.42. The second-order valence-electron chi connectivity index (χ2n) is 10.0. The normalized spacial score (nSPS) is 19.6. The lowest BCUT2D eigenvalue weighted by Gasteiger charge is -2.39. The van der Waals surface area contributed by atoms with Gasteiger partial charge in [-0.25, -0.2) is 23.2 Å². The van der Waals surface area contributed by atoms with Crippen molar-refractivity contribution in [3.8, 4) is 11.4 Å². The maximum Gasteiger partial charge on any atom is 0.328 e. The third-order valence-electron chi connectivity index (χ3n) is 6.93. The molecule has 1 saturated carbocycles. The maximum absolute atomic E-state index is 14.4. The summed E-state index contributed by atoms with van der Waals surface area (Å²) >= 11 is 0. The van der Waals surface area contributed by atoms with Crippen molar-refractivity contribution in [3.05, 3.63) is 46.4 Å². The van der Waals surface area contributed by atoms with Crippen LogP contribution in [0.2, 0.25) is 0 Å². The zero-order chi connectivity index (χ0) is 25.6. The van der Waals surface area contributed by atoms with Crippen LogP contribution in [-0.4, -0.2) is 59.2 Å². The van der Waals surface area contributed by atoms with Crippen molar-refractivity contribution in [3.63, 3.8) is 0 Å². The van der Waals surface area contributed by atoms with E-state index in [0.29, 0.717) is 34.4 Å². The highest BCUT2D eigenvalue weighted by Gasteiger charge is 2.41. The first-order valence-electron chi connectivity index (χ1n) is 12.1. The number of aryl methyl sites for hydroxylation is 2. The first kappa shape index (κ1) is 24.1. The van der Waals surface area contributed by atoms with Crippen LogP contribution < -0.4 is 10.6 Å². The number of rotatable bonds is 8. The van der Waals surface area contributed by atoms with Crippen molar-refractivity contribution >= 4 is 11.7 Å². The second kappa shape index (κ2) is 9.14. The number of pyridine rings is 1. The largest absolute Gasteiger partial charge is 0.481 e. The van der Waals surface area contributed by atoms with Gasteiger partial charge in [0.25, 0.3) is 5.92 Å². The minimum Gasteiger partial charge on any atom is -0.481 e. The van der Waals surface area contributed by atoms with E-state index in [1.54, 1.807) is 52.3 Å². The molecule has 2 fully saturated rings. The number of piperidine rings is 1. The van der Waals surface area contributed by atoms with Crippen LogP contribution in [-0.2, 0) is 24.9 Å². The molecule has 1 saturated heterocycles. The Morgan fingerprint density at radius 3 is 2.64 bits per heavy atom. The topological polar surface area (TPSA) is 111 Å². The number of aromatic nitrogens is 6. The fourth-order valence-corrected chi connectivity index (χ4v) is 5.00. The number of imidazole rings is 1. The number of nitrogens with zero attached hydrogens (tertiary/aromatic N) is 7. The van der Waals surface area contributed by atoms with E-state index in [1.165, 1.54) is 4.90 Å². The van der Waals surface area contributed by atoms with Gasteiger partial charge in [0.05, 0.1) is 42.3 Å². The highest BCUT2D eigenvalue weighted by molar-refractivity contribution is 5.67. The molecule has 12 heteroatoms. The van der Waals surface area contributed by atoms with E-state index in [4.69, 9.17) is 5.11 Å². The molecule has 3 aromatic heterocycles. The van der Waals surface area contributed by atoms with Crippen LogP contribution in [0.25, 0.3) is 11.4 Å². The Balaban J connectivity index is 1.39. The maximum atomic E-state index is 14.4. The lowest BCUT2D eigenvalue weighted by Crippen LogP contribution is -2.48. The van der Waals surface area contributed by atoms with E-state index >= 15 is 0 Å². The van der Waals surface area contributed by atoms with Gasteiger partial charge in [-0.15, -0.1) is 5.10 Å². The van der Waals surface area contributed by atoms with Gasteiger partial charge in [-0.3, -0.25) is 13.9 Å². The molecule has 0 unspecified atom stereocenters. The third-order valence-corrected chi connectivity index (χ3v) is 6.93. The molecular weight excluding hydrogens is 472 g/mol. The standard InChI is InChI=1S/C24H29F2N7O3/c1-15-19(33-12-17(9-21(34)35)10-24(25,26)14-33)6-5-18(27-15)22-20(30(2)29-28-22)13-32-8-7-31(23(32)36)11-16-3-4-16/h5-8,16-17H,3-4,9-14H2,1-2H3,(H,34,35)/t17-/m0/s1. The minimum atomic E-state index is -2.98. The number of halogens is 2. The van der Waals surface area contributed by atoms with Gasteiger partial charge in [0, 0.05) is 39.0 Å². The molecule has 1 aliphatic carbocycles. The number of carboxylic acids is 1. The summed E-state index contributed by atoms with van der Waals surface area (Å²) in [5.41, 5.74) is 2.72. The van der Waals surface area contributed by atoms with E-state index in [2.05, 4.69) is 15.3 Å². The van der Waals surface area contributed by atoms with Gasteiger partial charge in [-0.05, 0) is 43.7 Å². The van der Waals surface area contributed by atoms with Gasteiger partial charge in [-0.2, -0.15) is 0 Å². The number of carbonyl (C=O) groups is 1. The van der Waals surface area contributed by atoms with Crippen molar-refractivity contribution < 1.29 is 18.7 Å². The molecule has 0 amide bonds. The smallest absolute Gasteiger partial charge is 0.328 e. The number of aliphatic carboxylic acids is 1. The average molecular weight is 502 g/mol. The van der Waals surface area contributed by atoms with Crippen molar-refractivity contribution in [1.82, 2.24) is 29.1 Å². The van der Waals surface area contributed by atoms with Gasteiger partial charge in [-0.1, -0.05) is 5.21 Å². The molecule has 2 aliphatic rings. The molecular formula is C24H29F2N7O3. The summed E-state index contributed by atoms with van der Waals surface area (Å²) in [6.07, 6.45) is 5.13. The highest BCUT2D eigenvalue weighted by atomic mass is 19.3. The Morgan fingerprint density at radius 1 is 1.19 bits per heavy atom. The molecule has 192 valence electrons. The number of hydrogen-bond acceptors (Lipinski definition) is 6. The second-order valence-corrected chi connectivity index (χ2v) is 10.0. The predicted octanol–water partition coefficient (Wildman–Crippen LogP) is 2.54. The summed E-state index contributed by atoms with van der Waals surface area (Å²) in [7, 11) is 1.75. The Morgan fingerprint density at radius 2 is 1.94 bits per heavy atom. The molecule has 1 N–H and O–H groups in total. The Bertz CT molecular complexity index is 1340. The van der Waals surface area contributed by atoms with Gasteiger partial charge in [0.15, 0.2) is 0 Å². The molecule has 3 aromatic rings. The van der Waals surface area contributed by atoms with Gasteiger partial charge in [0.2, 0.25) is 0 Å². The van der Waals surface area contributed by atoms with E-state index in [9.17, 15) is 18.4 Å². The zero-order valence-corrected chi connectivity index (χ0v) is 20.3. The summed E-state index contributed by atoms with van der Waals surface area (Å²) in [5.74, 6) is -4.13. The first-order valence-corrected chi connectivity index (χ1v) is 12.1. The molecule has 0 spiro atoms. The molecule has 5 rings (SSSR count). The fraction of sp³-hybridized carbons (Fsp3) is 0.542. The van der Waals surface area contributed by atoms with E-state index in [-0.39, 0.29) is 25.2 Å². The van der Waals surface area contributed by atoms with E-state index in [1.807, 2.05) is 0 Å². The molecule has 1 aliphatic heterocycles. The lowest BCUT2D eigenvalue weighted by atomic mass is 9.92. The number of hydrogen-bond donors (Lipinski definition) is 1. The Labute approximate surface area is 206 Å². The van der Waals surface area contributed by atoms with Crippen molar-refractivity contribution in [2.75, 3.05) is 18.0 Å². The minimum absolute atomic E-state index is 0.0875. The van der Waals surface area contributed by atoms with Crippen molar-refractivity contribution in [2.45, 2.75) is 51.6 Å². The van der Waals surface area contributed by atoms with Crippen molar-refractivity contribution in [1.29, 1.82) is 0 Å². The predicted molar refractivity (Wildman–Crippen MR) is 127 cm³/mol. The van der Waals surface area contributed by atoms with Crippen LogP contribution in [0, 0.1) is 18.8 Å². The van der Waals surface area contributed by atoms with E-state index in [0.717, 1.165) is 19.4 Å². The van der Waals surface area contributed by atoms with Gasteiger partial charge in [0.1, 0.15) is 5.69 Å². The highest BCUT2D eigenvalue weighted by Crippen LogP contribution is 2.36. The average Bonchev–Trinajstić information content (AvgIpc) is 3.45. The zero-order valence-electron chi connectivity index (χ0n) is 20.3. The monoisotopic (exact) mass is 501 g/mol. The van der Waals surface area contributed by atoms with Gasteiger partial charge < -0.3 is 10.0 Å². The van der Waals surface area contributed by atoms with Crippen LogP contribution in [0.3, 0.4) is 0 Å². The molecule has 0 bridgehead atoms. The Kier molecular flexibility index (Phi) is 6.13. The van der Waals surface area contributed by atoms with Crippen LogP contribution in [0.15, 0.2) is 29.3 Å². The van der Waals surface area contributed by atoms with E-state index < -0.39 is 30.8 Å². The van der Waals surface area contributed by atoms with Gasteiger partial charge >= 0.3 is 11.7 Å². The Hall–Kier alpha value is -3.57. The van der Waals surface area contributed by atoms with Crippen LogP contribution >= 0.6 is 0 Å². The molecule has 1 atom stereocenters. The van der Waals surface area contributed by atoms with Crippen molar-refractivity contribution in [2.24, 2.45) is 18.9 Å². The summed E-state index contributed by atoms with van der Waals surface area (Å²) in [4.78, 5) is 30.1. The summed E-state index contributed by atoms with van der Waals surface area (Å²) < 4.78 is 33.7. The SMILES string of the molecule is Cc1nc(-c2nnn(C)c2Cn2ccn(CC3CC3)c2=O)ccc1N1C[C@@H](CC(=O)O)CC(F)(F)C1. The quantitative estimate of drug-likeness (QED) is 0.505. The summed E-state index contributed by atoms with van der Waals surface area (Å²) in [5, 5.41) is 17.5. The molecule has 36 heavy (non-hydrogen) atoms. The third kappa shape index (κ3) is 5.02. The lowest BCUT2D eigenvalue weighted by molar-refractivity contribution is -0.139. The number of anilines is 1. The first-order chi connectivity index (χ1) is 17.1. The van der Waals surface area contributed by atoms with Crippen LogP contribution in [0.4, 0.5) is 14.5 Å². The molecule has 10 nitrogen and oxygen atoms in total. The van der Waals surface area contributed by atoms with Crippen LogP contribution in [0.5, 0.6) is 0 Å². The van der Waals surface area contributed by atoms with Crippen LogP contribution in [0.1, 0.15) is 37.1 Å². The summed E-state index contributed by atoms with van der Waals surface area (Å²) in [6.45, 7) is 2.47. The number of alkyl halides is 2. The molecule has 0 aromatic carbocycles. The number of carboxylic acid groups (broad SMARTS) is 1. The fourth-order valence-electron chi connectivity index (χ4n) is 5.00. The molecule has 4 heterocycles.